The van der Waals surface area contributed by atoms with E-state index in [4.69, 9.17) is 9.73 Å². The number of aliphatic imine (C=N–C) groups is 1. The Bertz CT molecular complexity index is 1290. The number of likely N-dealkylation sites (tertiary alicyclic amines) is 1. The van der Waals surface area contributed by atoms with Crippen LogP contribution in [0.15, 0.2) is 77.8 Å². The summed E-state index contributed by atoms with van der Waals surface area (Å²) in [6, 6.07) is 21.3. The van der Waals surface area contributed by atoms with Gasteiger partial charge in [0.1, 0.15) is 22.9 Å². The molecule has 0 radical (unpaired) electrons. The number of methoxy groups -OCH3 is 1. The van der Waals surface area contributed by atoms with Crippen molar-refractivity contribution in [2.75, 3.05) is 37.1 Å². The van der Waals surface area contributed by atoms with E-state index < -0.39 is 11.4 Å². The molecule has 2 heterocycles. The number of aromatic hydroxyl groups is 1. The summed E-state index contributed by atoms with van der Waals surface area (Å²) in [5.41, 5.74) is 1.48. The van der Waals surface area contributed by atoms with Crippen molar-refractivity contribution in [2.24, 2.45) is 4.99 Å². The maximum atomic E-state index is 14.0. The summed E-state index contributed by atoms with van der Waals surface area (Å²) in [7, 11) is 1.61. The highest BCUT2D eigenvalue weighted by molar-refractivity contribution is 5.96. The monoisotopic (exact) mass is 503 g/mol. The summed E-state index contributed by atoms with van der Waals surface area (Å²) >= 11 is 0. The van der Waals surface area contributed by atoms with Crippen LogP contribution in [0.1, 0.15) is 18.4 Å². The van der Waals surface area contributed by atoms with E-state index in [2.05, 4.69) is 15.5 Å². The number of phenolic OH excluding ortho intramolecular Hbond substituents is 1. The zero-order chi connectivity index (χ0) is 25.8. The first kappa shape index (κ1) is 24.4. The van der Waals surface area contributed by atoms with Gasteiger partial charge in [0.25, 0.3) is 0 Å². The quantitative estimate of drug-likeness (QED) is 0.278. The fraction of sp³-hybridized carbons (Fsp3) is 0.286. The smallest absolute Gasteiger partial charge is 0.247 e. The molecule has 1 spiro atoms. The van der Waals surface area contributed by atoms with Gasteiger partial charge in [-0.1, -0.05) is 36.4 Å². The van der Waals surface area contributed by atoms with Gasteiger partial charge in [-0.3, -0.25) is 4.79 Å². The predicted octanol–water partition coefficient (Wildman–Crippen LogP) is 3.94. The highest BCUT2D eigenvalue weighted by Crippen LogP contribution is 2.36. The summed E-state index contributed by atoms with van der Waals surface area (Å²) in [5.74, 6) is 0.692. The van der Waals surface area contributed by atoms with E-state index in [0.29, 0.717) is 45.1 Å². The first-order valence-electron chi connectivity index (χ1n) is 12.3. The number of hydrogen-bond donors (Lipinski definition) is 3. The Labute approximate surface area is 215 Å². The van der Waals surface area contributed by atoms with Gasteiger partial charge in [0.05, 0.1) is 26.0 Å². The molecule has 2 fully saturated rings. The van der Waals surface area contributed by atoms with E-state index in [9.17, 15) is 14.3 Å². The molecule has 37 heavy (non-hydrogen) atoms. The standard InChI is InChI=1S/C28H30FN5O3/c1-37-25-10-6-5-7-20(25)18-30-27(32-23-17-21(29)11-12-24(23)35)33-15-13-28(14-16-33)26(36)31-19-34(28)22-8-3-2-4-9-22/h2-12,17,35H,13-16,18-19H2,1H3,(H,30,32)(H,31,36). The molecule has 3 N–H and O–H groups in total. The lowest BCUT2D eigenvalue weighted by Crippen LogP contribution is -2.58. The second-order valence-electron chi connectivity index (χ2n) is 9.18. The van der Waals surface area contributed by atoms with Gasteiger partial charge in [0, 0.05) is 30.4 Å². The molecule has 0 unspecified atom stereocenters. The lowest BCUT2D eigenvalue weighted by molar-refractivity contribution is -0.124. The van der Waals surface area contributed by atoms with Crippen molar-refractivity contribution in [3.05, 3.63) is 84.2 Å². The Balaban J connectivity index is 1.41. The van der Waals surface area contributed by atoms with Crippen molar-refractivity contribution in [3.63, 3.8) is 0 Å². The predicted molar refractivity (Wildman–Crippen MR) is 141 cm³/mol. The van der Waals surface area contributed by atoms with E-state index in [1.54, 1.807) is 7.11 Å². The third-order valence-corrected chi connectivity index (χ3v) is 7.09. The number of guanidine groups is 1. The molecule has 3 aromatic rings. The zero-order valence-corrected chi connectivity index (χ0v) is 20.7. The van der Waals surface area contributed by atoms with E-state index in [1.165, 1.54) is 18.2 Å². The number of piperidine rings is 1. The molecule has 2 saturated heterocycles. The maximum absolute atomic E-state index is 14.0. The fourth-order valence-corrected chi connectivity index (χ4v) is 5.06. The van der Waals surface area contributed by atoms with Crippen LogP contribution in [0.3, 0.4) is 0 Å². The third-order valence-electron chi connectivity index (χ3n) is 7.09. The van der Waals surface area contributed by atoms with Crippen LogP contribution in [0.4, 0.5) is 15.8 Å². The van der Waals surface area contributed by atoms with E-state index in [-0.39, 0.29) is 17.3 Å². The summed E-state index contributed by atoms with van der Waals surface area (Å²) in [6.45, 7) is 1.88. The number of halogens is 1. The molecule has 9 heteroatoms. The minimum atomic E-state index is -0.646. The molecule has 2 aliphatic heterocycles. The minimum Gasteiger partial charge on any atom is -0.506 e. The van der Waals surface area contributed by atoms with Gasteiger partial charge in [-0.2, -0.15) is 0 Å². The van der Waals surface area contributed by atoms with Crippen LogP contribution in [0.2, 0.25) is 0 Å². The molecule has 0 atom stereocenters. The zero-order valence-electron chi connectivity index (χ0n) is 20.7. The molecule has 2 aliphatic rings. The van der Waals surface area contributed by atoms with Crippen LogP contribution in [0.25, 0.3) is 0 Å². The lowest BCUT2D eigenvalue weighted by atomic mass is 9.85. The highest BCUT2D eigenvalue weighted by Gasteiger charge is 2.50. The molecule has 0 bridgehead atoms. The van der Waals surface area contributed by atoms with Crippen LogP contribution < -0.4 is 20.3 Å². The van der Waals surface area contributed by atoms with Crippen LogP contribution in [-0.2, 0) is 11.3 Å². The molecule has 0 aromatic heterocycles. The second kappa shape index (κ2) is 10.4. The number of anilines is 2. The summed E-state index contributed by atoms with van der Waals surface area (Å²) in [6.07, 6.45) is 1.16. The number of rotatable bonds is 5. The third kappa shape index (κ3) is 4.89. The largest absolute Gasteiger partial charge is 0.506 e. The molecule has 192 valence electrons. The van der Waals surface area contributed by atoms with Crippen LogP contribution in [0.5, 0.6) is 11.5 Å². The minimum absolute atomic E-state index is 0.0271. The number of benzene rings is 3. The topological polar surface area (TPSA) is 89.4 Å². The van der Waals surface area contributed by atoms with Crippen molar-refractivity contribution in [1.29, 1.82) is 0 Å². The van der Waals surface area contributed by atoms with Gasteiger partial charge >= 0.3 is 0 Å². The summed E-state index contributed by atoms with van der Waals surface area (Å²) < 4.78 is 19.4. The number of para-hydroxylation sites is 2. The van der Waals surface area contributed by atoms with E-state index in [1.807, 2.05) is 59.5 Å². The number of hydrogen-bond acceptors (Lipinski definition) is 5. The van der Waals surface area contributed by atoms with Crippen molar-refractivity contribution in [3.8, 4) is 11.5 Å². The molecule has 0 saturated carbocycles. The van der Waals surface area contributed by atoms with Gasteiger partial charge in [0.2, 0.25) is 5.91 Å². The van der Waals surface area contributed by atoms with E-state index >= 15 is 0 Å². The first-order chi connectivity index (χ1) is 18.0. The fourth-order valence-electron chi connectivity index (χ4n) is 5.06. The Kier molecular flexibility index (Phi) is 6.85. The molecular weight excluding hydrogens is 473 g/mol. The number of ether oxygens (including phenoxy) is 1. The molecular formula is C28H30FN5O3. The number of phenols is 1. The van der Waals surface area contributed by atoms with Crippen LogP contribution in [-0.4, -0.2) is 54.3 Å². The molecule has 5 rings (SSSR count). The number of amides is 1. The Morgan fingerprint density at radius 3 is 2.59 bits per heavy atom. The summed E-state index contributed by atoms with van der Waals surface area (Å²) in [4.78, 5) is 22.1. The van der Waals surface area contributed by atoms with E-state index in [0.717, 1.165) is 17.0 Å². The Morgan fingerprint density at radius 2 is 1.84 bits per heavy atom. The van der Waals surface area contributed by atoms with Crippen molar-refractivity contribution in [2.45, 2.75) is 24.9 Å². The van der Waals surface area contributed by atoms with Gasteiger partial charge in [-0.15, -0.1) is 0 Å². The van der Waals surface area contributed by atoms with Gasteiger partial charge in [-0.25, -0.2) is 9.38 Å². The van der Waals surface area contributed by atoms with Crippen molar-refractivity contribution in [1.82, 2.24) is 10.2 Å². The average Bonchev–Trinajstić information content (AvgIpc) is 3.24. The van der Waals surface area contributed by atoms with Crippen molar-refractivity contribution < 1.29 is 19.0 Å². The number of carbonyl (C=O) groups excluding carboxylic acids is 1. The lowest BCUT2D eigenvalue weighted by Gasteiger charge is -2.44. The number of nitrogens with one attached hydrogen (secondary N) is 2. The van der Waals surface area contributed by atoms with Crippen LogP contribution in [0, 0.1) is 5.82 Å². The average molecular weight is 504 g/mol. The van der Waals surface area contributed by atoms with Gasteiger partial charge in [-0.05, 0) is 43.2 Å². The normalized spacial score (nSPS) is 17.1. The molecule has 8 nitrogen and oxygen atoms in total. The first-order valence-corrected chi connectivity index (χ1v) is 12.3. The van der Waals surface area contributed by atoms with Gasteiger partial charge in [0.15, 0.2) is 5.96 Å². The summed E-state index contributed by atoms with van der Waals surface area (Å²) in [5, 5.41) is 16.5. The molecule has 1 amide bonds. The molecule has 0 aliphatic carbocycles. The SMILES string of the molecule is COc1ccccc1CN=C(Nc1cc(F)ccc1O)N1CCC2(CC1)C(=O)NCN2c1ccccc1. The highest BCUT2D eigenvalue weighted by atomic mass is 19.1. The Hall–Kier alpha value is -4.27. The van der Waals surface area contributed by atoms with Crippen LogP contribution >= 0.6 is 0 Å². The maximum Gasteiger partial charge on any atom is 0.247 e. The number of nitrogens with zero attached hydrogens (tertiary/aromatic N) is 3. The number of carbonyl (C=O) groups is 1. The Morgan fingerprint density at radius 1 is 1.11 bits per heavy atom. The van der Waals surface area contributed by atoms with Gasteiger partial charge < -0.3 is 30.3 Å². The van der Waals surface area contributed by atoms with Crippen molar-refractivity contribution >= 4 is 23.2 Å². The molecule has 3 aromatic carbocycles. The second-order valence-corrected chi connectivity index (χ2v) is 9.18.